The lowest BCUT2D eigenvalue weighted by molar-refractivity contribution is -0.119. The van der Waals surface area contributed by atoms with E-state index in [-0.39, 0.29) is 18.4 Å². The summed E-state index contributed by atoms with van der Waals surface area (Å²) >= 11 is 0. The van der Waals surface area contributed by atoms with Gasteiger partial charge < -0.3 is 16.0 Å². The second-order valence-corrected chi connectivity index (χ2v) is 3.93. The molecule has 5 nitrogen and oxygen atoms in total. The van der Waals surface area contributed by atoms with Crippen LogP contribution in [-0.2, 0) is 9.59 Å². The van der Waals surface area contributed by atoms with E-state index in [1.54, 1.807) is 25.1 Å². The minimum atomic E-state index is -0.108. The predicted octanol–water partition coefficient (Wildman–Crippen LogP) is 1.75. The smallest absolute Gasteiger partial charge is 0.239 e. The van der Waals surface area contributed by atoms with Gasteiger partial charge in [0.05, 0.1) is 6.54 Å². The molecule has 0 spiro atoms. The highest BCUT2D eigenvalue weighted by Crippen LogP contribution is 2.14. The topological polar surface area (TPSA) is 70.2 Å². The molecule has 0 aliphatic rings. The van der Waals surface area contributed by atoms with Crippen LogP contribution < -0.4 is 16.0 Å². The van der Waals surface area contributed by atoms with Crippen LogP contribution in [-0.4, -0.2) is 24.9 Å². The molecule has 0 bridgehead atoms. The molecule has 19 heavy (non-hydrogen) atoms. The number of amides is 2. The number of hydrogen-bond acceptors (Lipinski definition) is 3. The van der Waals surface area contributed by atoms with Crippen molar-refractivity contribution in [2.75, 3.05) is 23.7 Å². The summed E-state index contributed by atoms with van der Waals surface area (Å²) in [4.78, 5) is 22.7. The summed E-state index contributed by atoms with van der Waals surface area (Å²) in [6.07, 6.45) is 2.06. The van der Waals surface area contributed by atoms with Crippen LogP contribution in [0.25, 0.3) is 0 Å². The molecule has 5 heteroatoms. The number of anilines is 2. The lowest BCUT2D eigenvalue weighted by atomic mass is 10.2. The maximum absolute atomic E-state index is 11.4. The van der Waals surface area contributed by atoms with Crippen LogP contribution in [0.4, 0.5) is 11.4 Å². The molecule has 0 heterocycles. The first kappa shape index (κ1) is 14.8. The van der Waals surface area contributed by atoms with Crippen molar-refractivity contribution in [3.05, 3.63) is 36.9 Å². The van der Waals surface area contributed by atoms with Gasteiger partial charge in [0.25, 0.3) is 0 Å². The van der Waals surface area contributed by atoms with Crippen LogP contribution >= 0.6 is 0 Å². The van der Waals surface area contributed by atoms with E-state index in [2.05, 4.69) is 22.5 Å². The highest BCUT2D eigenvalue weighted by Gasteiger charge is 2.02. The van der Waals surface area contributed by atoms with Crippen LogP contribution in [0.5, 0.6) is 0 Å². The van der Waals surface area contributed by atoms with E-state index >= 15 is 0 Å². The molecule has 0 saturated heterocycles. The lowest BCUT2D eigenvalue weighted by Crippen LogP contribution is -2.29. The number of rotatable bonds is 7. The van der Waals surface area contributed by atoms with Crippen LogP contribution in [0.2, 0.25) is 0 Å². The normalized spacial score (nSPS) is 9.53. The molecule has 0 saturated carbocycles. The SMILES string of the molecule is C=CCNC(=O)CNc1cccc(NC(=O)CC)c1. The van der Waals surface area contributed by atoms with Gasteiger partial charge in [-0.2, -0.15) is 0 Å². The standard InChI is InChI=1S/C14H19N3O2/c1-3-8-15-14(19)10-16-11-6-5-7-12(9-11)17-13(18)4-2/h3,5-7,9,16H,1,4,8,10H2,2H3,(H,15,19)(H,17,18). The quantitative estimate of drug-likeness (QED) is 0.655. The molecular formula is C14H19N3O2. The fourth-order valence-electron chi connectivity index (χ4n) is 1.39. The first-order valence-electron chi connectivity index (χ1n) is 6.17. The van der Waals surface area contributed by atoms with Gasteiger partial charge in [0.1, 0.15) is 0 Å². The van der Waals surface area contributed by atoms with Crippen LogP contribution in [0.3, 0.4) is 0 Å². The van der Waals surface area contributed by atoms with E-state index in [1.807, 2.05) is 12.1 Å². The van der Waals surface area contributed by atoms with Crippen molar-refractivity contribution in [1.29, 1.82) is 0 Å². The summed E-state index contributed by atoms with van der Waals surface area (Å²) < 4.78 is 0. The maximum Gasteiger partial charge on any atom is 0.239 e. The zero-order chi connectivity index (χ0) is 14.1. The monoisotopic (exact) mass is 261 g/mol. The van der Waals surface area contributed by atoms with E-state index in [0.29, 0.717) is 18.7 Å². The van der Waals surface area contributed by atoms with Crippen molar-refractivity contribution in [3.8, 4) is 0 Å². The summed E-state index contributed by atoms with van der Waals surface area (Å²) in [5, 5.41) is 8.42. The molecule has 0 aliphatic carbocycles. The fraction of sp³-hybridized carbons (Fsp3) is 0.286. The second-order valence-electron chi connectivity index (χ2n) is 3.93. The Kier molecular flexibility index (Phi) is 6.15. The molecule has 0 atom stereocenters. The van der Waals surface area contributed by atoms with Crippen molar-refractivity contribution in [2.24, 2.45) is 0 Å². The predicted molar refractivity (Wildman–Crippen MR) is 77.1 cm³/mol. The molecule has 102 valence electrons. The number of benzene rings is 1. The number of nitrogens with one attached hydrogen (secondary N) is 3. The Morgan fingerprint density at radius 3 is 2.68 bits per heavy atom. The molecule has 0 unspecified atom stereocenters. The average Bonchev–Trinajstić information content (AvgIpc) is 2.43. The van der Waals surface area contributed by atoms with Crippen LogP contribution in [0, 0.1) is 0 Å². The number of carbonyl (C=O) groups is 2. The Hall–Kier alpha value is -2.30. The minimum absolute atomic E-state index is 0.0409. The molecule has 0 radical (unpaired) electrons. The molecule has 0 aromatic heterocycles. The van der Waals surface area contributed by atoms with E-state index in [4.69, 9.17) is 0 Å². The highest BCUT2D eigenvalue weighted by atomic mass is 16.2. The van der Waals surface area contributed by atoms with Crippen molar-refractivity contribution >= 4 is 23.2 Å². The summed E-state index contributed by atoms with van der Waals surface area (Å²) in [5.41, 5.74) is 1.49. The molecule has 1 aromatic carbocycles. The van der Waals surface area contributed by atoms with Crippen molar-refractivity contribution in [2.45, 2.75) is 13.3 Å². The van der Waals surface area contributed by atoms with Crippen molar-refractivity contribution < 1.29 is 9.59 Å². The largest absolute Gasteiger partial charge is 0.376 e. The first-order valence-corrected chi connectivity index (χ1v) is 6.17. The Bertz CT molecular complexity index is 458. The first-order chi connectivity index (χ1) is 9.15. The third kappa shape index (κ3) is 5.72. The highest BCUT2D eigenvalue weighted by molar-refractivity contribution is 5.91. The molecule has 3 N–H and O–H groups in total. The molecule has 1 rings (SSSR count). The fourth-order valence-corrected chi connectivity index (χ4v) is 1.39. The van der Waals surface area contributed by atoms with Gasteiger partial charge in [-0.3, -0.25) is 9.59 Å². The van der Waals surface area contributed by atoms with E-state index in [1.165, 1.54) is 0 Å². The summed E-state index contributed by atoms with van der Waals surface area (Å²) in [6, 6.07) is 7.24. The maximum atomic E-state index is 11.4. The molecule has 1 aromatic rings. The Labute approximate surface area is 113 Å². The van der Waals surface area contributed by atoms with Gasteiger partial charge in [-0.25, -0.2) is 0 Å². The molecular weight excluding hydrogens is 242 g/mol. The average molecular weight is 261 g/mol. The van der Waals surface area contributed by atoms with Gasteiger partial charge in [0.2, 0.25) is 11.8 Å². The zero-order valence-corrected chi connectivity index (χ0v) is 11.0. The van der Waals surface area contributed by atoms with Gasteiger partial charge in [0.15, 0.2) is 0 Å². The molecule has 0 fully saturated rings. The molecule has 0 aliphatic heterocycles. The van der Waals surface area contributed by atoms with Gasteiger partial charge in [-0.1, -0.05) is 19.1 Å². The minimum Gasteiger partial charge on any atom is -0.376 e. The van der Waals surface area contributed by atoms with Crippen LogP contribution in [0.1, 0.15) is 13.3 Å². The van der Waals surface area contributed by atoms with Gasteiger partial charge in [-0.15, -0.1) is 6.58 Å². The van der Waals surface area contributed by atoms with E-state index < -0.39 is 0 Å². The zero-order valence-electron chi connectivity index (χ0n) is 11.0. The van der Waals surface area contributed by atoms with Gasteiger partial charge in [0, 0.05) is 24.3 Å². The molecule has 2 amide bonds. The Morgan fingerprint density at radius 2 is 2.00 bits per heavy atom. The number of hydrogen-bond donors (Lipinski definition) is 3. The van der Waals surface area contributed by atoms with Gasteiger partial charge >= 0.3 is 0 Å². The summed E-state index contributed by atoms with van der Waals surface area (Å²) in [5.74, 6) is -0.149. The summed E-state index contributed by atoms with van der Waals surface area (Å²) in [7, 11) is 0. The van der Waals surface area contributed by atoms with Gasteiger partial charge in [-0.05, 0) is 18.2 Å². The van der Waals surface area contributed by atoms with E-state index in [0.717, 1.165) is 5.69 Å². The lowest BCUT2D eigenvalue weighted by Gasteiger charge is -2.09. The Morgan fingerprint density at radius 1 is 1.26 bits per heavy atom. The third-order valence-electron chi connectivity index (χ3n) is 2.36. The van der Waals surface area contributed by atoms with Crippen LogP contribution in [0.15, 0.2) is 36.9 Å². The van der Waals surface area contributed by atoms with E-state index in [9.17, 15) is 9.59 Å². The van der Waals surface area contributed by atoms with Crippen molar-refractivity contribution in [1.82, 2.24) is 5.32 Å². The summed E-state index contributed by atoms with van der Waals surface area (Å²) in [6.45, 7) is 5.95. The van der Waals surface area contributed by atoms with Crippen molar-refractivity contribution in [3.63, 3.8) is 0 Å². The second kappa shape index (κ2) is 7.92. The number of carbonyl (C=O) groups excluding carboxylic acids is 2. The Balaban J connectivity index is 2.50. The third-order valence-corrected chi connectivity index (χ3v) is 2.36.